The molecule has 0 heterocycles. The Morgan fingerprint density at radius 3 is 2.47 bits per heavy atom. The highest BCUT2D eigenvalue weighted by atomic mass is 35.5. The van der Waals surface area contributed by atoms with Crippen molar-refractivity contribution in [1.29, 1.82) is 0 Å². The van der Waals surface area contributed by atoms with Gasteiger partial charge in [-0.2, -0.15) is 0 Å². The predicted octanol–water partition coefficient (Wildman–Crippen LogP) is 3.52. The monoisotopic (exact) mass is 274 g/mol. The molecule has 3 nitrogen and oxygen atoms in total. The quantitative estimate of drug-likeness (QED) is 0.453. The van der Waals surface area contributed by atoms with Crippen LogP contribution in [0.2, 0.25) is 10.0 Å². The Kier molecular flexibility index (Phi) is 6.01. The van der Waals surface area contributed by atoms with E-state index in [9.17, 15) is 9.59 Å². The summed E-state index contributed by atoms with van der Waals surface area (Å²) in [6, 6.07) is 4.82. The minimum Gasteiger partial charge on any atom is -0.462 e. The van der Waals surface area contributed by atoms with E-state index in [-0.39, 0.29) is 22.2 Å². The van der Waals surface area contributed by atoms with E-state index in [0.29, 0.717) is 19.3 Å². The molecule has 0 aromatic heterocycles. The molecule has 0 aliphatic heterocycles. The van der Waals surface area contributed by atoms with Crippen LogP contribution in [0.5, 0.6) is 0 Å². The first-order valence-electron chi connectivity index (χ1n) is 5.21. The lowest BCUT2D eigenvalue weighted by Crippen LogP contribution is -2.08. The van der Waals surface area contributed by atoms with Crippen LogP contribution >= 0.6 is 23.2 Å². The molecule has 0 aliphatic carbocycles. The normalized spacial score (nSPS) is 10.0. The molecule has 17 heavy (non-hydrogen) atoms. The largest absolute Gasteiger partial charge is 0.462 e. The van der Waals surface area contributed by atoms with Crippen molar-refractivity contribution in [1.82, 2.24) is 0 Å². The molecule has 0 saturated carbocycles. The number of benzene rings is 1. The zero-order chi connectivity index (χ0) is 12.7. The first kappa shape index (κ1) is 14.0. The molecule has 0 spiro atoms. The molecule has 1 rings (SSSR count). The molecule has 5 heteroatoms. The van der Waals surface area contributed by atoms with Gasteiger partial charge in [-0.25, -0.2) is 4.79 Å². The molecule has 0 amide bonds. The van der Waals surface area contributed by atoms with Gasteiger partial charge in [0.2, 0.25) is 0 Å². The highest BCUT2D eigenvalue weighted by molar-refractivity contribution is 6.39. The number of hydrogen-bond donors (Lipinski definition) is 0. The SMILES string of the molecule is O=CCCCCOC(=O)c1c(Cl)cccc1Cl. The van der Waals surface area contributed by atoms with Crippen molar-refractivity contribution in [3.05, 3.63) is 33.8 Å². The van der Waals surface area contributed by atoms with Gasteiger partial charge in [-0.15, -0.1) is 0 Å². The Hall–Kier alpha value is -1.06. The number of unbranched alkanes of at least 4 members (excludes halogenated alkanes) is 2. The second-order valence-corrected chi connectivity index (χ2v) is 4.21. The minimum absolute atomic E-state index is 0.186. The van der Waals surface area contributed by atoms with Crippen molar-refractivity contribution in [2.45, 2.75) is 19.3 Å². The Labute approximate surface area is 110 Å². The lowest BCUT2D eigenvalue weighted by Gasteiger charge is -2.07. The zero-order valence-electron chi connectivity index (χ0n) is 9.12. The molecule has 0 atom stereocenters. The Bertz CT molecular complexity index is 384. The van der Waals surface area contributed by atoms with E-state index in [2.05, 4.69) is 0 Å². The second-order valence-electron chi connectivity index (χ2n) is 3.40. The summed E-state index contributed by atoms with van der Waals surface area (Å²) in [4.78, 5) is 21.7. The summed E-state index contributed by atoms with van der Waals surface area (Å²) < 4.78 is 5.01. The summed E-state index contributed by atoms with van der Waals surface area (Å²) in [7, 11) is 0. The number of hydrogen-bond acceptors (Lipinski definition) is 3. The van der Waals surface area contributed by atoms with Gasteiger partial charge in [0.1, 0.15) is 6.29 Å². The fourth-order valence-electron chi connectivity index (χ4n) is 1.26. The molecule has 0 unspecified atom stereocenters. The Morgan fingerprint density at radius 2 is 1.88 bits per heavy atom. The van der Waals surface area contributed by atoms with Gasteiger partial charge >= 0.3 is 5.97 Å². The Balaban J connectivity index is 2.50. The maximum absolute atomic E-state index is 11.7. The molecule has 0 N–H and O–H groups in total. The van der Waals surface area contributed by atoms with E-state index in [4.69, 9.17) is 27.9 Å². The summed E-state index contributed by atoms with van der Waals surface area (Å²) in [6.07, 6.45) is 2.66. The molecule has 1 aromatic carbocycles. The van der Waals surface area contributed by atoms with Gasteiger partial charge in [0.05, 0.1) is 22.2 Å². The third kappa shape index (κ3) is 4.36. The molecule has 0 radical (unpaired) electrons. The van der Waals surface area contributed by atoms with Crippen LogP contribution in [-0.4, -0.2) is 18.9 Å². The standard InChI is InChI=1S/C12H12Cl2O3/c13-9-5-4-6-10(14)11(9)12(16)17-8-3-1-2-7-15/h4-7H,1-3,8H2. The van der Waals surface area contributed by atoms with Crippen molar-refractivity contribution in [2.24, 2.45) is 0 Å². The summed E-state index contributed by atoms with van der Waals surface area (Å²) in [5, 5.41) is 0.547. The van der Waals surface area contributed by atoms with Crippen molar-refractivity contribution < 1.29 is 14.3 Å². The fraction of sp³-hybridized carbons (Fsp3) is 0.333. The van der Waals surface area contributed by atoms with E-state index < -0.39 is 5.97 Å². The molecule has 92 valence electrons. The van der Waals surface area contributed by atoms with Crippen molar-refractivity contribution in [3.63, 3.8) is 0 Å². The zero-order valence-corrected chi connectivity index (χ0v) is 10.6. The molecule has 0 bridgehead atoms. The highest BCUT2D eigenvalue weighted by Crippen LogP contribution is 2.24. The molecule has 0 saturated heterocycles. The maximum Gasteiger partial charge on any atom is 0.341 e. The molecule has 1 aromatic rings. The fourth-order valence-corrected chi connectivity index (χ4v) is 1.81. The Morgan fingerprint density at radius 1 is 1.24 bits per heavy atom. The van der Waals surface area contributed by atoms with Crippen LogP contribution in [0.15, 0.2) is 18.2 Å². The number of rotatable bonds is 6. The smallest absolute Gasteiger partial charge is 0.341 e. The van der Waals surface area contributed by atoms with E-state index in [1.165, 1.54) is 0 Å². The predicted molar refractivity (Wildman–Crippen MR) is 66.7 cm³/mol. The lowest BCUT2D eigenvalue weighted by atomic mass is 10.2. The van der Waals surface area contributed by atoms with Crippen LogP contribution in [0.1, 0.15) is 29.6 Å². The molecule has 0 aliphatic rings. The third-order valence-electron chi connectivity index (χ3n) is 2.12. The van der Waals surface area contributed by atoms with E-state index in [1.807, 2.05) is 0 Å². The maximum atomic E-state index is 11.7. The van der Waals surface area contributed by atoms with Crippen LogP contribution in [0.3, 0.4) is 0 Å². The average Bonchev–Trinajstić information content (AvgIpc) is 2.28. The van der Waals surface area contributed by atoms with Gasteiger partial charge in [0.15, 0.2) is 0 Å². The van der Waals surface area contributed by atoms with Crippen LogP contribution in [0.25, 0.3) is 0 Å². The lowest BCUT2D eigenvalue weighted by molar-refractivity contribution is -0.107. The van der Waals surface area contributed by atoms with E-state index in [0.717, 1.165) is 6.29 Å². The van der Waals surface area contributed by atoms with Crippen molar-refractivity contribution in [3.8, 4) is 0 Å². The average molecular weight is 275 g/mol. The molecular weight excluding hydrogens is 263 g/mol. The summed E-state index contributed by atoms with van der Waals surface area (Å²) in [5.41, 5.74) is 0.186. The van der Waals surface area contributed by atoms with Gasteiger partial charge in [-0.1, -0.05) is 29.3 Å². The topological polar surface area (TPSA) is 43.4 Å². The highest BCUT2D eigenvalue weighted by Gasteiger charge is 2.15. The summed E-state index contributed by atoms with van der Waals surface area (Å²) in [5.74, 6) is -0.535. The van der Waals surface area contributed by atoms with Gasteiger partial charge in [-0.3, -0.25) is 0 Å². The third-order valence-corrected chi connectivity index (χ3v) is 2.75. The number of aldehydes is 1. The van der Waals surface area contributed by atoms with Crippen LogP contribution in [-0.2, 0) is 9.53 Å². The van der Waals surface area contributed by atoms with E-state index in [1.54, 1.807) is 18.2 Å². The van der Waals surface area contributed by atoms with Crippen LogP contribution in [0, 0.1) is 0 Å². The summed E-state index contributed by atoms with van der Waals surface area (Å²) in [6.45, 7) is 0.258. The van der Waals surface area contributed by atoms with Crippen LogP contribution in [0.4, 0.5) is 0 Å². The summed E-state index contributed by atoms with van der Waals surface area (Å²) >= 11 is 11.7. The molecule has 0 fully saturated rings. The van der Waals surface area contributed by atoms with Gasteiger partial charge in [0, 0.05) is 6.42 Å². The molecular formula is C12H12Cl2O3. The second kappa shape index (κ2) is 7.30. The first-order chi connectivity index (χ1) is 8.16. The minimum atomic E-state index is -0.535. The van der Waals surface area contributed by atoms with Crippen LogP contribution < -0.4 is 0 Å². The van der Waals surface area contributed by atoms with Gasteiger partial charge < -0.3 is 9.53 Å². The van der Waals surface area contributed by atoms with Gasteiger partial charge in [-0.05, 0) is 25.0 Å². The van der Waals surface area contributed by atoms with Crippen molar-refractivity contribution in [2.75, 3.05) is 6.61 Å². The number of esters is 1. The van der Waals surface area contributed by atoms with E-state index >= 15 is 0 Å². The number of carbonyl (C=O) groups excluding carboxylic acids is 2. The number of halogens is 2. The number of carbonyl (C=O) groups is 2. The van der Waals surface area contributed by atoms with Gasteiger partial charge in [0.25, 0.3) is 0 Å². The van der Waals surface area contributed by atoms with Crippen molar-refractivity contribution >= 4 is 35.5 Å². The first-order valence-corrected chi connectivity index (χ1v) is 5.97. The number of ether oxygens (including phenoxy) is 1.